The zero-order chi connectivity index (χ0) is 14.6. The first-order valence-corrected chi connectivity index (χ1v) is 8.03. The summed E-state index contributed by atoms with van der Waals surface area (Å²) in [5, 5.41) is 8.81. The second-order valence-corrected chi connectivity index (χ2v) is 7.13. The van der Waals surface area contributed by atoms with Gasteiger partial charge in [0.15, 0.2) is 0 Å². The minimum absolute atomic E-state index is 0.119. The predicted molar refractivity (Wildman–Crippen MR) is 81.6 cm³/mol. The first-order valence-electron chi connectivity index (χ1n) is 5.13. The van der Waals surface area contributed by atoms with Gasteiger partial charge in [0.25, 0.3) is 0 Å². The summed E-state index contributed by atoms with van der Waals surface area (Å²) in [5.41, 5.74) is 0.260. The highest BCUT2D eigenvalue weighted by molar-refractivity contribution is 14.1. The van der Waals surface area contributed by atoms with E-state index in [-0.39, 0.29) is 23.7 Å². The zero-order valence-electron chi connectivity index (χ0n) is 9.93. The molecule has 0 saturated carbocycles. The van der Waals surface area contributed by atoms with Gasteiger partial charge in [-0.15, -0.1) is 0 Å². The maximum absolute atomic E-state index is 11.9. The molecule has 1 aromatic rings. The molecule has 9 heteroatoms. The highest BCUT2D eigenvalue weighted by atomic mass is 127. The molecule has 0 spiro atoms. The Hall–Kier alpha value is -0.580. The lowest BCUT2D eigenvalue weighted by molar-refractivity contribution is -0.137. The van der Waals surface area contributed by atoms with Crippen molar-refractivity contribution in [2.45, 2.75) is 6.42 Å². The number of halogens is 2. The second kappa shape index (κ2) is 6.73. The molecule has 106 valence electrons. The number of nitrogens with one attached hydrogen (secondary N) is 1. The molecule has 1 aromatic carbocycles. The van der Waals surface area contributed by atoms with Crippen molar-refractivity contribution in [3.63, 3.8) is 0 Å². The van der Waals surface area contributed by atoms with E-state index in [2.05, 4.69) is 4.72 Å². The van der Waals surface area contributed by atoms with E-state index in [1.807, 2.05) is 22.6 Å². The Morgan fingerprint density at radius 3 is 2.74 bits per heavy atom. The fourth-order valence-electron chi connectivity index (χ4n) is 1.17. The quantitative estimate of drug-likeness (QED) is 0.692. The monoisotopic (exact) mass is 418 g/mol. The summed E-state index contributed by atoms with van der Waals surface area (Å²) in [6.45, 7) is -0.119. The van der Waals surface area contributed by atoms with Crippen LogP contribution in [0.25, 0.3) is 0 Å². The van der Waals surface area contributed by atoms with Gasteiger partial charge in [0.2, 0.25) is 0 Å². The van der Waals surface area contributed by atoms with Gasteiger partial charge >= 0.3 is 16.2 Å². The molecule has 2 N–H and O–H groups in total. The molecular formula is C10H12ClIN2O4S. The third-order valence-corrected chi connectivity index (χ3v) is 4.70. The van der Waals surface area contributed by atoms with Crippen LogP contribution in [0, 0.1) is 3.57 Å². The van der Waals surface area contributed by atoms with Crippen molar-refractivity contribution in [3.8, 4) is 0 Å². The van der Waals surface area contributed by atoms with E-state index in [0.717, 1.165) is 7.88 Å². The number of anilines is 1. The van der Waals surface area contributed by atoms with Crippen LogP contribution in [0.15, 0.2) is 18.2 Å². The van der Waals surface area contributed by atoms with Crippen molar-refractivity contribution in [2.75, 3.05) is 18.3 Å². The van der Waals surface area contributed by atoms with Crippen LogP contribution in [0.5, 0.6) is 0 Å². The molecule has 0 fully saturated rings. The molecule has 6 nitrogen and oxygen atoms in total. The average Bonchev–Trinajstić information content (AvgIpc) is 2.30. The van der Waals surface area contributed by atoms with Gasteiger partial charge in [0.05, 0.1) is 17.1 Å². The molecule has 0 unspecified atom stereocenters. The Bertz CT molecular complexity index is 579. The lowest BCUT2D eigenvalue weighted by Crippen LogP contribution is -2.34. The number of hydrogen-bond donors (Lipinski definition) is 2. The number of carboxylic acid groups (broad SMARTS) is 1. The summed E-state index contributed by atoms with van der Waals surface area (Å²) in [7, 11) is -2.52. The molecule has 0 saturated heterocycles. The molecular weight excluding hydrogens is 407 g/mol. The molecule has 0 aromatic heterocycles. The van der Waals surface area contributed by atoms with Crippen molar-refractivity contribution in [2.24, 2.45) is 0 Å². The Morgan fingerprint density at radius 2 is 2.16 bits per heavy atom. The van der Waals surface area contributed by atoms with Gasteiger partial charge in [0.1, 0.15) is 0 Å². The minimum atomic E-state index is -3.82. The van der Waals surface area contributed by atoms with E-state index in [4.69, 9.17) is 16.7 Å². The third kappa shape index (κ3) is 5.13. The van der Waals surface area contributed by atoms with E-state index in [1.54, 1.807) is 18.2 Å². The summed E-state index contributed by atoms with van der Waals surface area (Å²) < 4.78 is 27.9. The molecule has 0 amide bonds. The molecule has 0 radical (unpaired) electrons. The van der Waals surface area contributed by atoms with Gasteiger partial charge in [0, 0.05) is 17.2 Å². The Morgan fingerprint density at radius 1 is 1.53 bits per heavy atom. The fraction of sp³-hybridized carbons (Fsp3) is 0.300. The Kier molecular flexibility index (Phi) is 5.83. The molecule has 0 atom stereocenters. The van der Waals surface area contributed by atoms with Gasteiger partial charge in [-0.25, -0.2) is 0 Å². The number of aliphatic carboxylic acids is 1. The number of benzene rings is 1. The normalized spacial score (nSPS) is 11.6. The smallest absolute Gasteiger partial charge is 0.304 e. The summed E-state index contributed by atoms with van der Waals surface area (Å²) >= 11 is 7.92. The van der Waals surface area contributed by atoms with Crippen LogP contribution in [0.3, 0.4) is 0 Å². The summed E-state index contributed by atoms with van der Waals surface area (Å²) in [5.74, 6) is -1.06. The molecule has 0 aliphatic carbocycles. The zero-order valence-corrected chi connectivity index (χ0v) is 13.7. The van der Waals surface area contributed by atoms with Crippen LogP contribution < -0.4 is 4.72 Å². The van der Waals surface area contributed by atoms with Crippen LogP contribution in [-0.2, 0) is 15.0 Å². The molecule has 0 aliphatic heterocycles. The number of carboxylic acids is 1. The average molecular weight is 419 g/mol. The molecule has 19 heavy (non-hydrogen) atoms. The van der Waals surface area contributed by atoms with Gasteiger partial charge < -0.3 is 5.11 Å². The van der Waals surface area contributed by atoms with Gasteiger partial charge in [-0.1, -0.05) is 11.6 Å². The molecule has 0 aliphatic rings. The van der Waals surface area contributed by atoms with Gasteiger partial charge in [-0.05, 0) is 40.8 Å². The Balaban J connectivity index is 2.84. The summed E-state index contributed by atoms with van der Waals surface area (Å²) in [6, 6.07) is 4.92. The Labute approximate surface area is 130 Å². The molecule has 0 bridgehead atoms. The highest BCUT2D eigenvalue weighted by Crippen LogP contribution is 2.25. The van der Waals surface area contributed by atoms with Crippen LogP contribution in [0.4, 0.5) is 5.69 Å². The van der Waals surface area contributed by atoms with Gasteiger partial charge in [-0.3, -0.25) is 9.52 Å². The first-order chi connectivity index (χ1) is 8.72. The molecule has 1 rings (SSSR count). The third-order valence-electron chi connectivity index (χ3n) is 2.22. The maximum atomic E-state index is 11.9. The van der Waals surface area contributed by atoms with E-state index in [9.17, 15) is 13.2 Å². The fourth-order valence-corrected chi connectivity index (χ4v) is 2.81. The maximum Gasteiger partial charge on any atom is 0.304 e. The highest BCUT2D eigenvalue weighted by Gasteiger charge is 2.19. The van der Waals surface area contributed by atoms with Crippen molar-refractivity contribution < 1.29 is 18.3 Å². The minimum Gasteiger partial charge on any atom is -0.481 e. The SMILES string of the molecule is CN(CCC(=O)O)S(=O)(=O)Nc1cc(I)ccc1Cl. The van der Waals surface area contributed by atoms with E-state index < -0.39 is 16.2 Å². The van der Waals surface area contributed by atoms with Crippen molar-refractivity contribution >= 4 is 56.1 Å². The largest absolute Gasteiger partial charge is 0.481 e. The predicted octanol–water partition coefficient (Wildman–Crippen LogP) is 2.01. The van der Waals surface area contributed by atoms with Crippen molar-refractivity contribution in [1.29, 1.82) is 0 Å². The van der Waals surface area contributed by atoms with E-state index >= 15 is 0 Å². The lowest BCUT2D eigenvalue weighted by atomic mass is 10.3. The van der Waals surface area contributed by atoms with E-state index in [0.29, 0.717) is 0 Å². The standard InChI is InChI=1S/C10H12ClIN2O4S/c1-14(5-4-10(15)16)19(17,18)13-9-6-7(12)2-3-8(9)11/h2-3,6,13H,4-5H2,1H3,(H,15,16). The number of rotatable bonds is 6. The van der Waals surface area contributed by atoms with Crippen LogP contribution in [0.2, 0.25) is 5.02 Å². The molecule has 0 heterocycles. The van der Waals surface area contributed by atoms with Crippen LogP contribution in [0.1, 0.15) is 6.42 Å². The lowest BCUT2D eigenvalue weighted by Gasteiger charge is -2.18. The van der Waals surface area contributed by atoms with Gasteiger partial charge in [-0.2, -0.15) is 12.7 Å². The van der Waals surface area contributed by atoms with E-state index in [1.165, 1.54) is 7.05 Å². The first kappa shape index (κ1) is 16.5. The van der Waals surface area contributed by atoms with Crippen molar-refractivity contribution in [3.05, 3.63) is 26.8 Å². The van der Waals surface area contributed by atoms with Crippen LogP contribution >= 0.6 is 34.2 Å². The van der Waals surface area contributed by atoms with Crippen molar-refractivity contribution in [1.82, 2.24) is 4.31 Å². The number of carbonyl (C=O) groups is 1. The summed E-state index contributed by atoms with van der Waals surface area (Å²) in [6.07, 6.45) is -0.266. The second-order valence-electron chi connectivity index (χ2n) is 3.70. The topological polar surface area (TPSA) is 86.7 Å². The summed E-state index contributed by atoms with van der Waals surface area (Å²) in [4.78, 5) is 10.4. The van der Waals surface area contributed by atoms with Crippen LogP contribution in [-0.4, -0.2) is 37.4 Å². The number of nitrogens with zero attached hydrogens (tertiary/aromatic N) is 1. The number of hydrogen-bond acceptors (Lipinski definition) is 3.